The predicted molar refractivity (Wildman–Crippen MR) is 119 cm³/mol. The lowest BCUT2D eigenvalue weighted by Crippen LogP contribution is -2.06. The van der Waals surface area contributed by atoms with Gasteiger partial charge in [-0.05, 0) is 37.8 Å². The Morgan fingerprint density at radius 3 is 1.61 bits per heavy atom. The Balaban J connectivity index is 2.40. The van der Waals surface area contributed by atoms with E-state index < -0.39 is 6.10 Å². The number of rotatable bonds is 15. The first-order chi connectivity index (χ1) is 13.5. The van der Waals surface area contributed by atoms with Crippen molar-refractivity contribution >= 4 is 0 Å². The second kappa shape index (κ2) is 13.9. The van der Waals surface area contributed by atoms with Crippen LogP contribution in [-0.4, -0.2) is 15.3 Å². The number of hydrogen-bond donors (Lipinski definition) is 3. The fraction of sp³-hybridized carbons (Fsp3) is 0.760. The summed E-state index contributed by atoms with van der Waals surface area (Å²) in [5, 5.41) is 31.8. The van der Waals surface area contributed by atoms with Gasteiger partial charge in [-0.3, -0.25) is 0 Å². The highest BCUT2D eigenvalue weighted by Crippen LogP contribution is 2.41. The molecule has 0 aliphatic rings. The summed E-state index contributed by atoms with van der Waals surface area (Å²) in [6.45, 7) is 7.93. The predicted octanol–water partition coefficient (Wildman–Crippen LogP) is 7.40. The molecule has 1 aromatic rings. The molecule has 162 valence electrons. The summed E-state index contributed by atoms with van der Waals surface area (Å²) in [7, 11) is 0. The number of unbranched alkanes of at least 4 members (excludes halogenated alkanes) is 10. The lowest BCUT2D eigenvalue weighted by molar-refractivity contribution is 0.158. The third-order valence-electron chi connectivity index (χ3n) is 6.05. The van der Waals surface area contributed by atoms with Crippen LogP contribution in [0.15, 0.2) is 0 Å². The third kappa shape index (κ3) is 7.66. The molecule has 1 unspecified atom stereocenters. The first kappa shape index (κ1) is 24.8. The standard InChI is InChI=1S/C25H44O3/c1-5-7-8-9-10-11-12-13-14-15-16-18-22(26)23-21(17-6-2)24(27)19(3)20(4)25(23)28/h22,26-28H,5-18H2,1-4H3. The average Bonchev–Trinajstić information content (AvgIpc) is 2.68. The summed E-state index contributed by atoms with van der Waals surface area (Å²) in [5.41, 5.74) is 2.66. The highest BCUT2D eigenvalue weighted by atomic mass is 16.3. The molecule has 0 aliphatic carbocycles. The van der Waals surface area contributed by atoms with Gasteiger partial charge in [0.2, 0.25) is 0 Å². The maximum absolute atomic E-state index is 10.7. The van der Waals surface area contributed by atoms with E-state index in [0.717, 1.165) is 24.8 Å². The molecule has 0 amide bonds. The van der Waals surface area contributed by atoms with Crippen LogP contribution >= 0.6 is 0 Å². The van der Waals surface area contributed by atoms with Gasteiger partial charge in [-0.1, -0.05) is 90.9 Å². The molecule has 0 fully saturated rings. The van der Waals surface area contributed by atoms with E-state index in [-0.39, 0.29) is 11.5 Å². The Bertz CT molecular complexity index is 566. The molecule has 0 radical (unpaired) electrons. The summed E-state index contributed by atoms with van der Waals surface area (Å²) >= 11 is 0. The normalized spacial score (nSPS) is 12.5. The molecule has 28 heavy (non-hydrogen) atoms. The largest absolute Gasteiger partial charge is 0.507 e. The van der Waals surface area contributed by atoms with Crippen molar-refractivity contribution in [2.75, 3.05) is 0 Å². The van der Waals surface area contributed by atoms with Crippen LogP contribution in [0.2, 0.25) is 0 Å². The zero-order chi connectivity index (χ0) is 20.9. The van der Waals surface area contributed by atoms with Crippen molar-refractivity contribution in [3.8, 4) is 11.5 Å². The molecule has 0 saturated carbocycles. The van der Waals surface area contributed by atoms with Crippen LogP contribution in [0.4, 0.5) is 0 Å². The summed E-state index contributed by atoms with van der Waals surface area (Å²) in [5.74, 6) is 0.402. The van der Waals surface area contributed by atoms with Gasteiger partial charge in [0.05, 0.1) is 6.10 Å². The first-order valence-corrected chi connectivity index (χ1v) is 11.7. The van der Waals surface area contributed by atoms with Crippen molar-refractivity contribution in [1.82, 2.24) is 0 Å². The number of aromatic hydroxyl groups is 2. The first-order valence-electron chi connectivity index (χ1n) is 11.7. The molecule has 3 N–H and O–H groups in total. The highest BCUT2D eigenvalue weighted by molar-refractivity contribution is 5.58. The molecule has 3 heteroatoms. The summed E-state index contributed by atoms with van der Waals surface area (Å²) in [6.07, 6.45) is 15.5. The van der Waals surface area contributed by atoms with Crippen molar-refractivity contribution in [3.05, 3.63) is 22.3 Å². The molecule has 1 rings (SSSR count). The van der Waals surface area contributed by atoms with Crippen LogP contribution in [0.1, 0.15) is 126 Å². The number of hydrogen-bond acceptors (Lipinski definition) is 3. The van der Waals surface area contributed by atoms with Gasteiger partial charge in [-0.2, -0.15) is 0 Å². The van der Waals surface area contributed by atoms with E-state index in [0.29, 0.717) is 29.5 Å². The maximum atomic E-state index is 10.7. The monoisotopic (exact) mass is 392 g/mol. The number of benzene rings is 1. The van der Waals surface area contributed by atoms with Gasteiger partial charge in [0, 0.05) is 11.1 Å². The van der Waals surface area contributed by atoms with Gasteiger partial charge in [-0.25, -0.2) is 0 Å². The Morgan fingerprint density at radius 1 is 0.643 bits per heavy atom. The molecule has 3 nitrogen and oxygen atoms in total. The van der Waals surface area contributed by atoms with Gasteiger partial charge >= 0.3 is 0 Å². The van der Waals surface area contributed by atoms with Gasteiger partial charge in [-0.15, -0.1) is 0 Å². The second-order valence-electron chi connectivity index (χ2n) is 8.43. The summed E-state index contributed by atoms with van der Waals surface area (Å²) in [6, 6.07) is 0. The van der Waals surface area contributed by atoms with Crippen molar-refractivity contribution < 1.29 is 15.3 Å². The number of phenols is 2. The van der Waals surface area contributed by atoms with Gasteiger partial charge in [0.25, 0.3) is 0 Å². The van der Waals surface area contributed by atoms with Gasteiger partial charge < -0.3 is 15.3 Å². The smallest absolute Gasteiger partial charge is 0.125 e. The molecule has 1 atom stereocenters. The summed E-state index contributed by atoms with van der Waals surface area (Å²) in [4.78, 5) is 0. The number of aliphatic hydroxyl groups excluding tert-OH is 1. The van der Waals surface area contributed by atoms with E-state index in [9.17, 15) is 15.3 Å². The van der Waals surface area contributed by atoms with E-state index >= 15 is 0 Å². The molecular weight excluding hydrogens is 348 g/mol. The molecule has 0 aliphatic heterocycles. The fourth-order valence-electron chi connectivity index (χ4n) is 4.06. The highest BCUT2D eigenvalue weighted by Gasteiger charge is 2.23. The Hall–Kier alpha value is -1.22. The van der Waals surface area contributed by atoms with E-state index in [2.05, 4.69) is 6.92 Å². The van der Waals surface area contributed by atoms with Crippen LogP contribution in [0.25, 0.3) is 0 Å². The SMILES string of the molecule is CCCCCCCCCCCCCC(O)c1c(O)c(C)c(C)c(O)c1CCC. The Kier molecular flexibility index (Phi) is 12.3. The molecular formula is C25H44O3. The minimum atomic E-state index is -0.703. The second-order valence-corrected chi connectivity index (χ2v) is 8.43. The minimum absolute atomic E-state index is 0.161. The number of phenolic OH excluding ortho intramolecular Hbond substituents is 2. The van der Waals surface area contributed by atoms with Crippen molar-refractivity contribution in [2.45, 2.75) is 124 Å². The van der Waals surface area contributed by atoms with E-state index in [1.165, 1.54) is 57.8 Å². The van der Waals surface area contributed by atoms with Crippen LogP contribution in [0.3, 0.4) is 0 Å². The van der Waals surface area contributed by atoms with Gasteiger partial charge in [0.15, 0.2) is 0 Å². The molecule has 1 aromatic carbocycles. The van der Waals surface area contributed by atoms with E-state index in [1.54, 1.807) is 6.92 Å². The van der Waals surface area contributed by atoms with E-state index in [4.69, 9.17) is 0 Å². The quantitative estimate of drug-likeness (QED) is 0.215. The van der Waals surface area contributed by atoms with Crippen LogP contribution in [0.5, 0.6) is 11.5 Å². The zero-order valence-corrected chi connectivity index (χ0v) is 18.8. The zero-order valence-electron chi connectivity index (χ0n) is 18.8. The van der Waals surface area contributed by atoms with Crippen molar-refractivity contribution in [2.24, 2.45) is 0 Å². The van der Waals surface area contributed by atoms with E-state index in [1.807, 2.05) is 13.8 Å². The molecule has 0 heterocycles. The van der Waals surface area contributed by atoms with Crippen LogP contribution in [-0.2, 0) is 6.42 Å². The Labute approximate surface area is 173 Å². The summed E-state index contributed by atoms with van der Waals surface area (Å²) < 4.78 is 0. The number of aliphatic hydroxyl groups is 1. The molecule has 0 bridgehead atoms. The minimum Gasteiger partial charge on any atom is -0.507 e. The Morgan fingerprint density at radius 2 is 1.11 bits per heavy atom. The lowest BCUT2D eigenvalue weighted by atomic mass is 9.89. The lowest BCUT2D eigenvalue weighted by Gasteiger charge is -2.21. The van der Waals surface area contributed by atoms with Crippen molar-refractivity contribution in [3.63, 3.8) is 0 Å². The third-order valence-corrected chi connectivity index (χ3v) is 6.05. The average molecular weight is 393 g/mol. The molecule has 0 aromatic heterocycles. The van der Waals surface area contributed by atoms with Crippen molar-refractivity contribution in [1.29, 1.82) is 0 Å². The molecule has 0 spiro atoms. The maximum Gasteiger partial charge on any atom is 0.125 e. The fourth-order valence-corrected chi connectivity index (χ4v) is 4.06. The van der Waals surface area contributed by atoms with Gasteiger partial charge in [0.1, 0.15) is 11.5 Å². The topological polar surface area (TPSA) is 60.7 Å². The van der Waals surface area contributed by atoms with Crippen LogP contribution in [0, 0.1) is 13.8 Å². The van der Waals surface area contributed by atoms with Crippen LogP contribution < -0.4 is 0 Å². The molecule has 0 saturated heterocycles.